The Labute approximate surface area is 143 Å². The predicted molar refractivity (Wildman–Crippen MR) is 91.4 cm³/mol. The molecule has 2 aliphatic rings. The van der Waals surface area contributed by atoms with Crippen LogP contribution in [-0.2, 0) is 0 Å². The first-order valence-corrected chi connectivity index (χ1v) is 9.19. The summed E-state index contributed by atoms with van der Waals surface area (Å²) in [5.41, 5.74) is 0.620. The van der Waals surface area contributed by atoms with E-state index < -0.39 is 24.4 Å². The van der Waals surface area contributed by atoms with E-state index >= 15 is 0 Å². The maximum Gasteiger partial charge on any atom is 0.159 e. The maximum atomic E-state index is 13.6. The van der Waals surface area contributed by atoms with Crippen LogP contribution >= 0.6 is 0 Å². The standard InChI is InChI=1S/C21H30F2/c1-2-3-15-4-6-16(7-5-15)17-8-10-18(11-9-17)19-12-13-20(22)21(23)14-19/h12-18H,2-11H2,1H3/t15?,16?,17-,18?/i8D,9D2/t8-,15?,16?,17+,18?/m0/s1. The van der Waals surface area contributed by atoms with Crippen molar-refractivity contribution in [2.75, 3.05) is 0 Å². The Kier molecular flexibility index (Phi) is 4.52. The van der Waals surface area contributed by atoms with Gasteiger partial charge in [-0.3, -0.25) is 0 Å². The molecule has 3 atom stereocenters. The summed E-state index contributed by atoms with van der Waals surface area (Å²) in [6.45, 7) is 2.21. The lowest BCUT2D eigenvalue weighted by Crippen LogP contribution is -2.25. The smallest absolute Gasteiger partial charge is 0.159 e. The Bertz CT molecular complexity index is 611. The zero-order valence-corrected chi connectivity index (χ0v) is 14.0. The zero-order chi connectivity index (χ0) is 18.9. The van der Waals surface area contributed by atoms with Crippen molar-refractivity contribution < 1.29 is 12.9 Å². The first-order chi connectivity index (χ1) is 12.3. The van der Waals surface area contributed by atoms with E-state index in [1.165, 1.54) is 18.9 Å². The molecule has 0 bridgehead atoms. The number of rotatable bonds is 4. The van der Waals surface area contributed by atoms with Gasteiger partial charge in [-0.1, -0.05) is 38.7 Å². The summed E-state index contributed by atoms with van der Waals surface area (Å²) in [4.78, 5) is 0. The first-order valence-electron chi connectivity index (χ1n) is 10.8. The largest absolute Gasteiger partial charge is 0.204 e. The van der Waals surface area contributed by atoms with Crippen molar-refractivity contribution in [1.82, 2.24) is 0 Å². The molecule has 0 heterocycles. The lowest BCUT2D eigenvalue weighted by molar-refractivity contribution is 0.156. The number of halogens is 2. The third-order valence-corrected chi connectivity index (χ3v) is 5.79. The second-order valence-corrected chi connectivity index (χ2v) is 7.35. The van der Waals surface area contributed by atoms with Gasteiger partial charge in [0.1, 0.15) is 0 Å². The fourth-order valence-electron chi connectivity index (χ4n) is 4.38. The molecule has 0 spiro atoms. The Morgan fingerprint density at radius 2 is 1.78 bits per heavy atom. The molecule has 0 amide bonds. The number of hydrogen-bond donors (Lipinski definition) is 0. The monoisotopic (exact) mass is 323 g/mol. The van der Waals surface area contributed by atoms with Gasteiger partial charge < -0.3 is 0 Å². The maximum absolute atomic E-state index is 13.6. The highest BCUT2D eigenvalue weighted by Crippen LogP contribution is 2.44. The topological polar surface area (TPSA) is 0 Å². The van der Waals surface area contributed by atoms with Crippen molar-refractivity contribution in [3.63, 3.8) is 0 Å². The van der Waals surface area contributed by atoms with Gasteiger partial charge in [-0.2, -0.15) is 0 Å². The van der Waals surface area contributed by atoms with Gasteiger partial charge in [0.15, 0.2) is 11.6 Å². The number of benzene rings is 1. The third-order valence-electron chi connectivity index (χ3n) is 5.79. The van der Waals surface area contributed by atoms with Crippen molar-refractivity contribution in [2.45, 2.75) is 77.0 Å². The van der Waals surface area contributed by atoms with Crippen LogP contribution in [0.15, 0.2) is 18.2 Å². The second kappa shape index (κ2) is 7.77. The molecule has 0 aliphatic heterocycles. The van der Waals surface area contributed by atoms with E-state index in [1.54, 1.807) is 6.07 Å². The predicted octanol–water partition coefficient (Wildman–Crippen LogP) is 6.85. The average Bonchev–Trinajstić information content (AvgIpc) is 2.58. The van der Waals surface area contributed by atoms with Crippen LogP contribution in [-0.4, -0.2) is 0 Å². The molecule has 0 N–H and O–H groups in total. The van der Waals surface area contributed by atoms with Crippen LogP contribution in [0.3, 0.4) is 0 Å². The minimum atomic E-state index is -1.43. The van der Waals surface area contributed by atoms with Gasteiger partial charge >= 0.3 is 0 Å². The van der Waals surface area contributed by atoms with E-state index in [2.05, 4.69) is 6.92 Å². The minimum absolute atomic E-state index is 0.213. The van der Waals surface area contributed by atoms with Crippen molar-refractivity contribution in [2.24, 2.45) is 17.8 Å². The SMILES string of the molecule is [2H][C@H]1CC(c2ccc(F)c(F)c2)CC([2H])([2H])[C@@H]1C1CCC(CCC)CC1. The fraction of sp³-hybridized carbons (Fsp3) is 0.714. The van der Waals surface area contributed by atoms with Crippen molar-refractivity contribution in [3.8, 4) is 0 Å². The van der Waals surface area contributed by atoms with Crippen LogP contribution in [0, 0.1) is 29.4 Å². The summed E-state index contributed by atoms with van der Waals surface area (Å²) in [6, 6.07) is 3.83. The highest BCUT2D eigenvalue weighted by molar-refractivity contribution is 5.22. The van der Waals surface area contributed by atoms with E-state index in [0.29, 0.717) is 18.4 Å². The van der Waals surface area contributed by atoms with Crippen LogP contribution < -0.4 is 0 Å². The quantitative estimate of drug-likeness (QED) is 0.568. The van der Waals surface area contributed by atoms with Crippen molar-refractivity contribution in [3.05, 3.63) is 35.4 Å². The molecule has 0 aromatic heterocycles. The highest BCUT2D eigenvalue weighted by atomic mass is 19.2. The highest BCUT2D eigenvalue weighted by Gasteiger charge is 2.31. The molecular formula is C21H30F2. The lowest BCUT2D eigenvalue weighted by atomic mass is 9.68. The zero-order valence-electron chi connectivity index (χ0n) is 17.0. The van der Waals surface area contributed by atoms with E-state index in [9.17, 15) is 8.78 Å². The van der Waals surface area contributed by atoms with Crippen LogP contribution in [0.4, 0.5) is 8.78 Å². The molecule has 1 aromatic carbocycles. The molecule has 1 unspecified atom stereocenters. The normalized spacial score (nSPS) is 39.3. The summed E-state index contributed by atoms with van der Waals surface area (Å²) in [6.07, 6.45) is 5.75. The third kappa shape index (κ3) is 4.14. The molecule has 2 heteroatoms. The lowest BCUT2D eigenvalue weighted by Gasteiger charge is -2.38. The van der Waals surface area contributed by atoms with Crippen LogP contribution in [0.2, 0.25) is 0 Å². The molecule has 2 aliphatic carbocycles. The van der Waals surface area contributed by atoms with E-state index in [1.807, 2.05) is 0 Å². The Morgan fingerprint density at radius 1 is 1.00 bits per heavy atom. The Balaban J connectivity index is 1.70. The molecule has 128 valence electrons. The Hall–Kier alpha value is -0.920. The molecule has 0 nitrogen and oxygen atoms in total. The van der Waals surface area contributed by atoms with Gasteiger partial charge in [0, 0.05) is 4.11 Å². The van der Waals surface area contributed by atoms with Crippen LogP contribution in [0.1, 0.15) is 86.7 Å². The van der Waals surface area contributed by atoms with Gasteiger partial charge in [-0.05, 0) is 79.8 Å². The molecule has 0 radical (unpaired) electrons. The van der Waals surface area contributed by atoms with E-state index in [-0.39, 0.29) is 17.8 Å². The van der Waals surface area contributed by atoms with Crippen molar-refractivity contribution >= 4 is 0 Å². The second-order valence-electron chi connectivity index (χ2n) is 7.35. The fourth-order valence-corrected chi connectivity index (χ4v) is 4.38. The first kappa shape index (κ1) is 13.4. The van der Waals surface area contributed by atoms with Gasteiger partial charge in [0.25, 0.3) is 0 Å². The molecular weight excluding hydrogens is 290 g/mol. The molecule has 0 saturated heterocycles. The number of hydrogen-bond acceptors (Lipinski definition) is 0. The van der Waals surface area contributed by atoms with E-state index in [4.69, 9.17) is 4.11 Å². The minimum Gasteiger partial charge on any atom is -0.204 e. The van der Waals surface area contributed by atoms with Crippen LogP contribution in [0.25, 0.3) is 0 Å². The molecule has 2 fully saturated rings. The average molecular weight is 323 g/mol. The molecule has 3 rings (SSSR count). The molecule has 2 saturated carbocycles. The van der Waals surface area contributed by atoms with Gasteiger partial charge in [-0.25, -0.2) is 8.78 Å². The van der Waals surface area contributed by atoms with Gasteiger partial charge in [0.05, 0.1) is 0 Å². The summed E-state index contributed by atoms with van der Waals surface area (Å²) in [7, 11) is 0. The summed E-state index contributed by atoms with van der Waals surface area (Å²) in [5.74, 6) is -1.17. The summed E-state index contributed by atoms with van der Waals surface area (Å²) >= 11 is 0. The molecule has 23 heavy (non-hydrogen) atoms. The van der Waals surface area contributed by atoms with Crippen LogP contribution in [0.5, 0.6) is 0 Å². The van der Waals surface area contributed by atoms with Gasteiger partial charge in [-0.15, -0.1) is 0 Å². The summed E-state index contributed by atoms with van der Waals surface area (Å²) < 4.78 is 52.7. The Morgan fingerprint density at radius 3 is 2.43 bits per heavy atom. The van der Waals surface area contributed by atoms with Gasteiger partial charge in [0.2, 0.25) is 0 Å². The summed E-state index contributed by atoms with van der Waals surface area (Å²) in [5, 5.41) is 0. The van der Waals surface area contributed by atoms with Crippen molar-refractivity contribution in [1.29, 1.82) is 0 Å². The van der Waals surface area contributed by atoms with E-state index in [0.717, 1.165) is 37.7 Å². The molecule has 1 aromatic rings.